The molecule has 1 aliphatic carbocycles. The number of fused-ring (bicyclic) bond motifs is 1. The van der Waals surface area contributed by atoms with Crippen molar-refractivity contribution in [3.05, 3.63) is 0 Å². The molecule has 1 heterocycles. The summed E-state index contributed by atoms with van der Waals surface area (Å²) in [5.74, 6) is 0.309. The van der Waals surface area contributed by atoms with Crippen molar-refractivity contribution < 1.29 is 9.90 Å². The second-order valence-electron chi connectivity index (χ2n) is 3.54. The number of nitrogens with one attached hydrogen (secondary N) is 1. The summed E-state index contributed by atoms with van der Waals surface area (Å²) in [6, 6.07) is 0. The Labute approximate surface area is 65.8 Å². The lowest BCUT2D eigenvalue weighted by atomic mass is 10.2. The van der Waals surface area contributed by atoms with Gasteiger partial charge in [0.25, 0.3) is 0 Å². The Balaban J connectivity index is 1.96. The Hall–Kier alpha value is -0.570. The standard InChI is InChI=1S/C8H13NO2/c10-8(11)7-5-2-1-3-9-4-6(5)7/h5-7,9H,1-4H2,(H,10,11). The second-order valence-corrected chi connectivity index (χ2v) is 3.54. The molecule has 1 saturated heterocycles. The van der Waals surface area contributed by atoms with Crippen LogP contribution in [0.4, 0.5) is 0 Å². The van der Waals surface area contributed by atoms with Crippen LogP contribution < -0.4 is 5.32 Å². The van der Waals surface area contributed by atoms with Crippen molar-refractivity contribution in [1.82, 2.24) is 5.32 Å². The fourth-order valence-electron chi connectivity index (χ4n) is 2.21. The number of aliphatic carboxylic acids is 1. The van der Waals surface area contributed by atoms with Crippen LogP contribution in [0, 0.1) is 17.8 Å². The molecule has 2 rings (SSSR count). The first-order valence-electron chi connectivity index (χ1n) is 4.24. The van der Waals surface area contributed by atoms with Gasteiger partial charge in [0.1, 0.15) is 0 Å². The smallest absolute Gasteiger partial charge is 0.307 e. The molecule has 0 aromatic heterocycles. The Kier molecular flexibility index (Phi) is 1.60. The van der Waals surface area contributed by atoms with E-state index in [1.54, 1.807) is 0 Å². The van der Waals surface area contributed by atoms with Gasteiger partial charge in [0.2, 0.25) is 0 Å². The van der Waals surface area contributed by atoms with E-state index in [4.69, 9.17) is 5.11 Å². The molecule has 0 bridgehead atoms. The van der Waals surface area contributed by atoms with E-state index < -0.39 is 5.97 Å². The van der Waals surface area contributed by atoms with Crippen molar-refractivity contribution in [3.63, 3.8) is 0 Å². The summed E-state index contributed by atoms with van der Waals surface area (Å²) in [4.78, 5) is 10.6. The first-order chi connectivity index (χ1) is 5.30. The lowest BCUT2D eigenvalue weighted by Gasteiger charge is -1.99. The van der Waals surface area contributed by atoms with Gasteiger partial charge in [-0.2, -0.15) is 0 Å². The molecule has 3 heteroatoms. The highest BCUT2D eigenvalue weighted by Gasteiger charge is 2.54. The molecule has 3 unspecified atom stereocenters. The number of hydrogen-bond donors (Lipinski definition) is 2. The summed E-state index contributed by atoms with van der Waals surface area (Å²) in [6.45, 7) is 1.99. The number of carboxylic acids is 1. The van der Waals surface area contributed by atoms with Gasteiger partial charge in [-0.05, 0) is 37.8 Å². The molecule has 1 saturated carbocycles. The highest BCUT2D eigenvalue weighted by molar-refractivity contribution is 5.74. The largest absolute Gasteiger partial charge is 0.481 e. The first-order valence-corrected chi connectivity index (χ1v) is 4.24. The van der Waals surface area contributed by atoms with E-state index in [1.807, 2.05) is 0 Å². The molecule has 2 N–H and O–H groups in total. The third-order valence-corrected chi connectivity index (χ3v) is 2.89. The minimum Gasteiger partial charge on any atom is -0.481 e. The van der Waals surface area contributed by atoms with E-state index in [-0.39, 0.29) is 5.92 Å². The van der Waals surface area contributed by atoms with Crippen molar-refractivity contribution >= 4 is 5.97 Å². The molecular formula is C8H13NO2. The van der Waals surface area contributed by atoms with Crippen LogP contribution in [0.15, 0.2) is 0 Å². The van der Waals surface area contributed by atoms with Crippen molar-refractivity contribution in [1.29, 1.82) is 0 Å². The highest BCUT2D eigenvalue weighted by atomic mass is 16.4. The third kappa shape index (κ3) is 1.13. The van der Waals surface area contributed by atoms with Crippen LogP contribution >= 0.6 is 0 Å². The molecule has 0 aromatic rings. The quantitative estimate of drug-likeness (QED) is 0.573. The molecule has 2 aliphatic rings. The maximum atomic E-state index is 10.6. The predicted octanol–water partition coefficient (Wildman–Crippen LogP) is 0.317. The third-order valence-electron chi connectivity index (χ3n) is 2.89. The van der Waals surface area contributed by atoms with Crippen LogP contribution in [0.5, 0.6) is 0 Å². The summed E-state index contributed by atoms with van der Waals surface area (Å²) < 4.78 is 0. The van der Waals surface area contributed by atoms with Crippen LogP contribution in [0.2, 0.25) is 0 Å². The van der Waals surface area contributed by atoms with Gasteiger partial charge in [-0.1, -0.05) is 0 Å². The topological polar surface area (TPSA) is 49.3 Å². The minimum absolute atomic E-state index is 0.0252. The normalized spacial score (nSPS) is 42.4. The summed E-state index contributed by atoms with van der Waals surface area (Å²) in [5.41, 5.74) is 0. The number of carbonyl (C=O) groups is 1. The van der Waals surface area contributed by atoms with Crippen LogP contribution in [-0.2, 0) is 4.79 Å². The van der Waals surface area contributed by atoms with Crippen LogP contribution in [-0.4, -0.2) is 24.2 Å². The van der Waals surface area contributed by atoms with Crippen LogP contribution in [0.1, 0.15) is 12.8 Å². The zero-order chi connectivity index (χ0) is 7.84. The van der Waals surface area contributed by atoms with Crippen LogP contribution in [0.3, 0.4) is 0 Å². The van der Waals surface area contributed by atoms with Crippen molar-refractivity contribution in [3.8, 4) is 0 Å². The number of carboxylic acid groups (broad SMARTS) is 1. The molecule has 11 heavy (non-hydrogen) atoms. The lowest BCUT2D eigenvalue weighted by molar-refractivity contribution is -0.139. The van der Waals surface area contributed by atoms with Crippen LogP contribution in [0.25, 0.3) is 0 Å². The second kappa shape index (κ2) is 2.48. The zero-order valence-electron chi connectivity index (χ0n) is 6.42. The fraction of sp³-hybridized carbons (Fsp3) is 0.875. The molecule has 0 amide bonds. The first kappa shape index (κ1) is 7.10. The molecule has 2 fully saturated rings. The predicted molar refractivity (Wildman–Crippen MR) is 40.2 cm³/mol. The van der Waals surface area contributed by atoms with Gasteiger partial charge in [0.15, 0.2) is 0 Å². The Morgan fingerprint density at radius 3 is 3.00 bits per heavy atom. The van der Waals surface area contributed by atoms with E-state index in [0.29, 0.717) is 11.8 Å². The zero-order valence-corrected chi connectivity index (χ0v) is 6.42. The van der Waals surface area contributed by atoms with Crippen molar-refractivity contribution in [2.24, 2.45) is 17.8 Å². The Morgan fingerprint density at radius 2 is 2.27 bits per heavy atom. The Morgan fingerprint density at radius 1 is 1.45 bits per heavy atom. The number of rotatable bonds is 1. The molecule has 3 nitrogen and oxygen atoms in total. The molecule has 0 aromatic carbocycles. The monoisotopic (exact) mass is 155 g/mol. The SMILES string of the molecule is O=C(O)C1C2CCCNCC21. The molecular weight excluding hydrogens is 142 g/mol. The maximum Gasteiger partial charge on any atom is 0.307 e. The molecule has 0 radical (unpaired) electrons. The summed E-state index contributed by atoms with van der Waals surface area (Å²) in [5, 5.41) is 12.0. The van der Waals surface area contributed by atoms with Gasteiger partial charge < -0.3 is 10.4 Å². The van der Waals surface area contributed by atoms with E-state index in [2.05, 4.69) is 5.32 Å². The van der Waals surface area contributed by atoms with Gasteiger partial charge in [-0.15, -0.1) is 0 Å². The van der Waals surface area contributed by atoms with Gasteiger partial charge in [-0.3, -0.25) is 4.79 Å². The highest BCUT2D eigenvalue weighted by Crippen LogP contribution is 2.49. The molecule has 0 spiro atoms. The van der Waals surface area contributed by atoms with Crippen molar-refractivity contribution in [2.45, 2.75) is 12.8 Å². The van der Waals surface area contributed by atoms with E-state index in [1.165, 1.54) is 0 Å². The average molecular weight is 155 g/mol. The van der Waals surface area contributed by atoms with E-state index in [0.717, 1.165) is 25.9 Å². The van der Waals surface area contributed by atoms with Gasteiger partial charge in [-0.25, -0.2) is 0 Å². The maximum absolute atomic E-state index is 10.6. The Bertz CT molecular complexity index is 169. The lowest BCUT2D eigenvalue weighted by Crippen LogP contribution is -2.18. The summed E-state index contributed by atoms with van der Waals surface area (Å²) in [6.07, 6.45) is 2.25. The van der Waals surface area contributed by atoms with E-state index >= 15 is 0 Å². The van der Waals surface area contributed by atoms with Gasteiger partial charge in [0.05, 0.1) is 5.92 Å². The molecule has 1 aliphatic heterocycles. The van der Waals surface area contributed by atoms with E-state index in [9.17, 15) is 4.79 Å². The van der Waals surface area contributed by atoms with Crippen molar-refractivity contribution in [2.75, 3.05) is 13.1 Å². The van der Waals surface area contributed by atoms with Gasteiger partial charge >= 0.3 is 5.97 Å². The number of hydrogen-bond acceptors (Lipinski definition) is 2. The molecule has 62 valence electrons. The fourth-order valence-corrected chi connectivity index (χ4v) is 2.21. The van der Waals surface area contributed by atoms with Gasteiger partial charge in [0, 0.05) is 0 Å². The minimum atomic E-state index is -0.594. The average Bonchev–Trinajstić information content (AvgIpc) is 2.57. The summed E-state index contributed by atoms with van der Waals surface area (Å²) >= 11 is 0. The molecule has 3 atom stereocenters. The summed E-state index contributed by atoms with van der Waals surface area (Å²) in [7, 11) is 0.